The van der Waals surface area contributed by atoms with Crippen molar-refractivity contribution in [2.75, 3.05) is 19.4 Å². The highest BCUT2D eigenvalue weighted by molar-refractivity contribution is 7.88. The van der Waals surface area contributed by atoms with Crippen molar-refractivity contribution in [3.8, 4) is 11.5 Å². The Kier molecular flexibility index (Phi) is 5.26. The molecule has 0 fully saturated rings. The monoisotopic (exact) mass is 341 g/mol. The van der Waals surface area contributed by atoms with E-state index < -0.39 is 15.6 Å². The van der Waals surface area contributed by atoms with Gasteiger partial charge in [0.05, 0.1) is 18.9 Å². The lowest BCUT2D eigenvalue weighted by Gasteiger charge is -2.41. The Balaban J connectivity index is 2.52. The van der Waals surface area contributed by atoms with Crippen molar-refractivity contribution in [3.05, 3.63) is 23.8 Å². The maximum atomic E-state index is 12.3. The molecule has 1 aliphatic rings. The third kappa shape index (κ3) is 4.18. The SMILES string of the molecule is CCCN(C1CC(C)(C)Oc2ccc(OCC)cc21)S(C)(=O)=O. The van der Waals surface area contributed by atoms with Crippen molar-refractivity contribution >= 4 is 10.0 Å². The van der Waals surface area contributed by atoms with E-state index in [1.807, 2.05) is 45.9 Å². The van der Waals surface area contributed by atoms with E-state index in [1.165, 1.54) is 6.26 Å². The molecule has 6 heteroatoms. The summed E-state index contributed by atoms with van der Waals surface area (Å²) in [6, 6.07) is 5.42. The molecule has 0 radical (unpaired) electrons. The number of hydrogen-bond acceptors (Lipinski definition) is 4. The quantitative estimate of drug-likeness (QED) is 0.796. The molecule has 1 heterocycles. The van der Waals surface area contributed by atoms with Gasteiger partial charge in [-0.1, -0.05) is 6.92 Å². The first kappa shape index (κ1) is 18.1. The van der Waals surface area contributed by atoms with E-state index in [1.54, 1.807) is 4.31 Å². The second-order valence-electron chi connectivity index (χ2n) is 6.59. The summed E-state index contributed by atoms with van der Waals surface area (Å²) in [6.45, 7) is 8.96. The summed E-state index contributed by atoms with van der Waals surface area (Å²) in [5.41, 5.74) is 0.468. The van der Waals surface area contributed by atoms with Crippen LogP contribution in [-0.2, 0) is 10.0 Å². The molecule has 0 saturated heterocycles. The second-order valence-corrected chi connectivity index (χ2v) is 8.52. The lowest BCUT2D eigenvalue weighted by atomic mass is 9.89. The summed E-state index contributed by atoms with van der Waals surface area (Å²) in [4.78, 5) is 0. The van der Waals surface area contributed by atoms with Crippen molar-refractivity contribution in [3.63, 3.8) is 0 Å². The topological polar surface area (TPSA) is 55.8 Å². The Morgan fingerprint density at radius 1 is 1.35 bits per heavy atom. The fraction of sp³-hybridized carbons (Fsp3) is 0.647. The lowest BCUT2D eigenvalue weighted by molar-refractivity contribution is 0.0502. The Hall–Kier alpha value is -1.27. The van der Waals surface area contributed by atoms with Gasteiger partial charge in [-0.2, -0.15) is 4.31 Å². The largest absolute Gasteiger partial charge is 0.494 e. The maximum absolute atomic E-state index is 12.3. The summed E-state index contributed by atoms with van der Waals surface area (Å²) < 4.78 is 37.8. The van der Waals surface area contributed by atoms with E-state index in [-0.39, 0.29) is 6.04 Å². The minimum absolute atomic E-state index is 0.232. The minimum atomic E-state index is -3.31. The first-order valence-electron chi connectivity index (χ1n) is 8.10. The molecule has 0 amide bonds. The van der Waals surface area contributed by atoms with E-state index in [4.69, 9.17) is 9.47 Å². The van der Waals surface area contributed by atoms with Gasteiger partial charge in [-0.15, -0.1) is 0 Å². The first-order valence-corrected chi connectivity index (χ1v) is 9.95. The molecule has 2 rings (SSSR count). The van der Waals surface area contributed by atoms with Gasteiger partial charge in [0, 0.05) is 18.5 Å². The number of sulfonamides is 1. The second kappa shape index (κ2) is 6.69. The molecule has 23 heavy (non-hydrogen) atoms. The molecular weight excluding hydrogens is 314 g/mol. The van der Waals surface area contributed by atoms with Crippen LogP contribution in [0.3, 0.4) is 0 Å². The zero-order valence-electron chi connectivity index (χ0n) is 14.6. The Labute approximate surface area is 139 Å². The number of benzene rings is 1. The van der Waals surface area contributed by atoms with Crippen LogP contribution >= 0.6 is 0 Å². The van der Waals surface area contributed by atoms with Gasteiger partial charge in [-0.25, -0.2) is 8.42 Å². The van der Waals surface area contributed by atoms with Crippen LogP contribution < -0.4 is 9.47 Å². The van der Waals surface area contributed by atoms with Crippen LogP contribution in [0.2, 0.25) is 0 Å². The molecule has 1 aliphatic heterocycles. The number of fused-ring (bicyclic) bond motifs is 1. The summed E-state index contributed by atoms with van der Waals surface area (Å²) in [5, 5.41) is 0. The van der Waals surface area contributed by atoms with E-state index in [0.29, 0.717) is 19.6 Å². The molecule has 0 saturated carbocycles. The van der Waals surface area contributed by atoms with E-state index >= 15 is 0 Å². The molecule has 1 atom stereocenters. The predicted octanol–water partition coefficient (Wildman–Crippen LogP) is 3.36. The summed E-state index contributed by atoms with van der Waals surface area (Å²) in [7, 11) is -3.31. The predicted molar refractivity (Wildman–Crippen MR) is 91.5 cm³/mol. The summed E-state index contributed by atoms with van der Waals surface area (Å²) in [5.74, 6) is 1.48. The standard InChI is InChI=1S/C17H27NO4S/c1-6-10-18(23(5,19)20)15-12-17(3,4)22-16-9-8-13(21-7-2)11-14(15)16/h8-9,11,15H,6-7,10,12H2,1-5H3. The van der Waals surface area contributed by atoms with Crippen molar-refractivity contribution in [1.82, 2.24) is 4.31 Å². The van der Waals surface area contributed by atoms with Crippen LogP contribution in [-0.4, -0.2) is 37.7 Å². The first-order chi connectivity index (χ1) is 10.7. The van der Waals surface area contributed by atoms with E-state index in [0.717, 1.165) is 23.5 Å². The highest BCUT2D eigenvalue weighted by atomic mass is 32.2. The third-order valence-electron chi connectivity index (χ3n) is 3.94. The third-order valence-corrected chi connectivity index (χ3v) is 5.23. The van der Waals surface area contributed by atoms with Gasteiger partial charge in [0.1, 0.15) is 17.1 Å². The van der Waals surface area contributed by atoms with Crippen molar-refractivity contribution in [2.45, 2.75) is 52.2 Å². The molecule has 0 aliphatic carbocycles. The Morgan fingerprint density at radius 2 is 2.04 bits per heavy atom. The molecule has 1 aromatic rings. The van der Waals surface area contributed by atoms with E-state index in [9.17, 15) is 8.42 Å². The van der Waals surface area contributed by atoms with Crippen LogP contribution in [0.15, 0.2) is 18.2 Å². The average molecular weight is 341 g/mol. The van der Waals surface area contributed by atoms with E-state index in [2.05, 4.69) is 0 Å². The van der Waals surface area contributed by atoms with Crippen LogP contribution in [0.25, 0.3) is 0 Å². The summed E-state index contributed by atoms with van der Waals surface area (Å²) in [6.07, 6.45) is 2.66. The van der Waals surface area contributed by atoms with Crippen LogP contribution in [0, 0.1) is 0 Å². The molecule has 5 nitrogen and oxygen atoms in total. The summed E-state index contributed by atoms with van der Waals surface area (Å²) >= 11 is 0. The van der Waals surface area contributed by atoms with Gasteiger partial charge < -0.3 is 9.47 Å². The fourth-order valence-electron chi connectivity index (χ4n) is 3.08. The molecule has 0 bridgehead atoms. The highest BCUT2D eigenvalue weighted by Gasteiger charge is 2.39. The fourth-order valence-corrected chi connectivity index (χ4v) is 4.25. The van der Waals surface area contributed by atoms with Gasteiger partial charge in [0.2, 0.25) is 10.0 Å². The van der Waals surface area contributed by atoms with Gasteiger partial charge in [0.15, 0.2) is 0 Å². The minimum Gasteiger partial charge on any atom is -0.494 e. The van der Waals surface area contributed by atoms with Crippen LogP contribution in [0.5, 0.6) is 11.5 Å². The van der Waals surface area contributed by atoms with Gasteiger partial charge in [-0.3, -0.25) is 0 Å². The molecule has 0 aromatic heterocycles. The van der Waals surface area contributed by atoms with Crippen LogP contribution in [0.4, 0.5) is 0 Å². The van der Waals surface area contributed by atoms with Gasteiger partial charge in [-0.05, 0) is 45.4 Å². The van der Waals surface area contributed by atoms with Crippen LogP contribution in [0.1, 0.15) is 52.1 Å². The number of rotatable bonds is 6. The zero-order chi connectivity index (χ0) is 17.3. The lowest BCUT2D eigenvalue weighted by Crippen LogP contribution is -2.43. The molecule has 0 spiro atoms. The van der Waals surface area contributed by atoms with Gasteiger partial charge >= 0.3 is 0 Å². The Bertz CT molecular complexity index is 655. The van der Waals surface area contributed by atoms with Crippen molar-refractivity contribution in [1.29, 1.82) is 0 Å². The molecule has 1 aromatic carbocycles. The molecule has 130 valence electrons. The van der Waals surface area contributed by atoms with Gasteiger partial charge in [0.25, 0.3) is 0 Å². The number of hydrogen-bond donors (Lipinski definition) is 0. The maximum Gasteiger partial charge on any atom is 0.211 e. The molecule has 1 unspecified atom stereocenters. The van der Waals surface area contributed by atoms with Crippen molar-refractivity contribution in [2.24, 2.45) is 0 Å². The molecule has 0 N–H and O–H groups in total. The zero-order valence-corrected chi connectivity index (χ0v) is 15.4. The highest BCUT2D eigenvalue weighted by Crippen LogP contribution is 2.44. The molecular formula is C17H27NO4S. The number of ether oxygens (including phenoxy) is 2. The normalized spacial score (nSPS) is 20.0. The number of nitrogens with zero attached hydrogens (tertiary/aromatic N) is 1. The smallest absolute Gasteiger partial charge is 0.211 e. The average Bonchev–Trinajstić information content (AvgIpc) is 2.43. The Morgan fingerprint density at radius 3 is 2.61 bits per heavy atom. The van der Waals surface area contributed by atoms with Crippen molar-refractivity contribution < 1.29 is 17.9 Å².